The molecule has 0 saturated carbocycles. The van der Waals surface area contributed by atoms with Gasteiger partial charge in [-0.25, -0.2) is 0 Å². The zero-order chi connectivity index (χ0) is 11.8. The molecule has 0 atom stereocenters. The molecule has 0 amide bonds. The number of likely N-dealkylation sites (N-methyl/N-ethyl adjacent to an activating group) is 1. The fourth-order valence-corrected chi connectivity index (χ4v) is 2.64. The largest absolute Gasteiger partial charge is 0.293 e. The first-order chi connectivity index (χ1) is 7.11. The minimum absolute atomic E-state index is 0.0186. The number of hydrogen-bond acceptors (Lipinski definition) is 0. The Balaban J connectivity index is 0.000000921. The molecule has 0 aliphatic heterocycles. The van der Waals surface area contributed by atoms with Gasteiger partial charge >= 0.3 is 0 Å². The van der Waals surface area contributed by atoms with Crippen molar-refractivity contribution in [2.75, 3.05) is 20.4 Å². The number of rotatable bonds is 3. The maximum Gasteiger partial charge on any atom is 0.120 e. The van der Waals surface area contributed by atoms with Crippen LogP contribution in [-0.2, 0) is 0 Å². The average Bonchev–Trinajstić information content (AvgIpc) is 2.20. The number of allylic oxidation sites excluding steroid dienone is 2. The molecule has 1 aliphatic rings. The van der Waals surface area contributed by atoms with Crippen LogP contribution in [-0.4, -0.2) is 31.7 Å². The Morgan fingerprint density at radius 2 is 1.80 bits per heavy atom. The van der Waals surface area contributed by atoms with Gasteiger partial charge in [0.05, 0.1) is 13.3 Å². The summed E-state index contributed by atoms with van der Waals surface area (Å²) in [4.78, 5) is 0. The van der Waals surface area contributed by atoms with Crippen molar-refractivity contribution in [3.8, 4) is 0 Å². The van der Waals surface area contributed by atoms with Crippen LogP contribution < -0.4 is 0 Å². The van der Waals surface area contributed by atoms with Crippen molar-refractivity contribution < 1.29 is 4.58 Å². The predicted molar refractivity (Wildman–Crippen MR) is 73.1 cm³/mol. The van der Waals surface area contributed by atoms with Crippen LogP contribution in [0, 0.1) is 6.54 Å². The molecule has 15 heavy (non-hydrogen) atoms. The molecule has 0 radical (unpaired) electrons. The van der Waals surface area contributed by atoms with E-state index in [0.717, 1.165) is 0 Å². The van der Waals surface area contributed by atoms with Crippen molar-refractivity contribution >= 4 is 14.6 Å². The zero-order valence-electron chi connectivity index (χ0n) is 10.7. The van der Waals surface area contributed by atoms with E-state index in [0.29, 0.717) is 0 Å². The minimum atomic E-state index is 0.0186. The van der Waals surface area contributed by atoms with Crippen LogP contribution in [0.4, 0.5) is 0 Å². The molecule has 0 aromatic heterocycles. The molecule has 1 aliphatic carbocycles. The Hall–Kier alpha value is -0.550. The molecule has 0 N–H and O–H groups in total. The molecule has 2 heteroatoms. The van der Waals surface area contributed by atoms with Crippen LogP contribution in [0.1, 0.15) is 26.7 Å². The Morgan fingerprint density at radius 1 is 1.27 bits per heavy atom. The Labute approximate surface area is 96.3 Å². The van der Waals surface area contributed by atoms with Crippen LogP contribution in [0.2, 0.25) is 0 Å². The fourth-order valence-electron chi connectivity index (χ4n) is 1.48. The lowest BCUT2D eigenvalue weighted by molar-refractivity contribution is -0.439. The molecule has 0 unspecified atom stereocenters. The molecular formula is C13H24NP. The van der Waals surface area contributed by atoms with Crippen molar-refractivity contribution in [2.24, 2.45) is 0 Å². The molecule has 0 spiro atoms. The van der Waals surface area contributed by atoms with Crippen molar-refractivity contribution in [2.45, 2.75) is 26.7 Å². The van der Waals surface area contributed by atoms with E-state index >= 15 is 0 Å². The first-order valence-electron chi connectivity index (χ1n) is 5.57. The summed E-state index contributed by atoms with van der Waals surface area (Å²) in [7, 11) is 1.99. The van der Waals surface area contributed by atoms with Crippen molar-refractivity contribution in [3.05, 3.63) is 29.6 Å². The van der Waals surface area contributed by atoms with Gasteiger partial charge in [-0.2, -0.15) is 6.08 Å². The van der Waals surface area contributed by atoms with E-state index in [1.807, 2.05) is 25.5 Å². The van der Waals surface area contributed by atoms with E-state index < -0.39 is 0 Å². The zero-order valence-corrected chi connectivity index (χ0v) is 11.6. The molecule has 0 bridgehead atoms. The molecule has 1 rings (SSSR count). The normalized spacial score (nSPS) is 14.8. The van der Waals surface area contributed by atoms with E-state index in [-0.39, 0.29) is 7.92 Å². The van der Waals surface area contributed by atoms with Crippen LogP contribution in [0.25, 0.3) is 0 Å². The van der Waals surface area contributed by atoms with Crippen LogP contribution in [0.15, 0.2) is 23.0 Å². The van der Waals surface area contributed by atoms with Gasteiger partial charge in [0.2, 0.25) is 0 Å². The average molecular weight is 225 g/mol. The van der Waals surface area contributed by atoms with Gasteiger partial charge < -0.3 is 0 Å². The first kappa shape index (κ1) is 14.5. The maximum absolute atomic E-state index is 3.84. The Morgan fingerprint density at radius 3 is 2.27 bits per heavy atom. The maximum atomic E-state index is 3.84. The van der Waals surface area contributed by atoms with Gasteiger partial charge in [0.1, 0.15) is 7.05 Å². The first-order valence-corrected chi connectivity index (χ1v) is 7.81. The van der Waals surface area contributed by atoms with Crippen LogP contribution in [0.5, 0.6) is 0 Å². The quantitative estimate of drug-likeness (QED) is 0.297. The highest BCUT2D eigenvalue weighted by molar-refractivity contribution is 7.60. The lowest BCUT2D eigenvalue weighted by atomic mass is 10.1. The van der Waals surface area contributed by atoms with E-state index in [1.165, 1.54) is 23.7 Å². The molecule has 0 aromatic carbocycles. The van der Waals surface area contributed by atoms with Gasteiger partial charge in [-0.3, -0.25) is 4.58 Å². The smallest absolute Gasteiger partial charge is 0.120 e. The molecule has 0 saturated heterocycles. The second-order valence-corrected chi connectivity index (χ2v) is 5.88. The van der Waals surface area contributed by atoms with Crippen molar-refractivity contribution in [1.82, 2.24) is 0 Å². The Bertz CT molecular complexity index is 262. The number of nitrogens with zero attached hydrogens (tertiary/aromatic N) is 1. The molecule has 0 aromatic rings. The summed E-state index contributed by atoms with van der Waals surface area (Å²) in [5.74, 6) is 0. The van der Waals surface area contributed by atoms with Crippen molar-refractivity contribution in [1.29, 1.82) is 0 Å². The van der Waals surface area contributed by atoms with Crippen molar-refractivity contribution in [3.63, 3.8) is 0 Å². The SMILES string of the molecule is C=[N+](C)[CH-]C1=CCCC=C1P(C)C.CC. The third kappa shape index (κ3) is 5.18. The predicted octanol–water partition coefficient (Wildman–Crippen LogP) is 3.86. The van der Waals surface area contributed by atoms with E-state index in [9.17, 15) is 0 Å². The van der Waals surface area contributed by atoms with Gasteiger partial charge in [0, 0.05) is 0 Å². The van der Waals surface area contributed by atoms with Crippen LogP contribution in [0.3, 0.4) is 0 Å². The second kappa shape index (κ2) is 7.70. The minimum Gasteiger partial charge on any atom is -0.293 e. The summed E-state index contributed by atoms with van der Waals surface area (Å²) in [5.41, 5.74) is 1.37. The topological polar surface area (TPSA) is 3.01 Å². The number of hydrogen-bond donors (Lipinski definition) is 0. The highest BCUT2D eigenvalue weighted by Crippen LogP contribution is 2.44. The lowest BCUT2D eigenvalue weighted by Gasteiger charge is -2.23. The summed E-state index contributed by atoms with van der Waals surface area (Å²) in [6.45, 7) is 14.6. The summed E-state index contributed by atoms with van der Waals surface area (Å²) in [6.07, 6.45) is 7.07. The summed E-state index contributed by atoms with van der Waals surface area (Å²) in [5, 5.41) is 1.52. The van der Waals surface area contributed by atoms with Gasteiger partial charge in [-0.15, -0.1) is 14.0 Å². The third-order valence-corrected chi connectivity index (χ3v) is 3.41. The van der Waals surface area contributed by atoms with E-state index in [1.54, 1.807) is 0 Å². The van der Waals surface area contributed by atoms with E-state index in [2.05, 4.69) is 38.7 Å². The lowest BCUT2D eigenvalue weighted by Crippen LogP contribution is -2.04. The second-order valence-electron chi connectivity index (χ2n) is 3.61. The molecule has 0 heterocycles. The highest BCUT2D eigenvalue weighted by atomic mass is 31.1. The third-order valence-electron chi connectivity index (χ3n) is 2.01. The van der Waals surface area contributed by atoms with Gasteiger partial charge in [-0.1, -0.05) is 31.2 Å². The van der Waals surface area contributed by atoms with Gasteiger partial charge in [-0.05, 0) is 19.8 Å². The van der Waals surface area contributed by atoms with Crippen LogP contribution >= 0.6 is 7.92 Å². The summed E-state index contributed by atoms with van der Waals surface area (Å²) >= 11 is 0. The van der Waals surface area contributed by atoms with Gasteiger partial charge in [0.25, 0.3) is 0 Å². The molecular weight excluding hydrogens is 201 g/mol. The van der Waals surface area contributed by atoms with Gasteiger partial charge in [0.15, 0.2) is 0 Å². The molecule has 1 nitrogen and oxygen atoms in total. The Kier molecular flexibility index (Phi) is 7.42. The standard InChI is InChI=1S/C11H18NP.C2H6/c1-12(2)9-10-7-5-6-8-11(10)13(3)4;1-2/h7-9H,1,5-6H2,2-4H3;1-2H3. The fraction of sp³-hybridized carbons (Fsp3) is 0.538. The monoisotopic (exact) mass is 225 g/mol. The summed E-state index contributed by atoms with van der Waals surface area (Å²) < 4.78 is 1.88. The molecule has 86 valence electrons. The van der Waals surface area contributed by atoms with E-state index in [4.69, 9.17) is 0 Å². The highest BCUT2D eigenvalue weighted by Gasteiger charge is 2.07. The summed E-state index contributed by atoms with van der Waals surface area (Å²) in [6, 6.07) is 0. The molecule has 0 fully saturated rings.